The Kier molecular flexibility index (Phi) is 9.33. The predicted molar refractivity (Wildman–Crippen MR) is 161 cm³/mol. The molecule has 1 aromatic carbocycles. The lowest BCUT2D eigenvalue weighted by Crippen LogP contribution is -2.45. The summed E-state index contributed by atoms with van der Waals surface area (Å²) in [5.74, 6) is 1.37. The zero-order valence-electron chi connectivity index (χ0n) is 23.6. The van der Waals surface area contributed by atoms with Crippen molar-refractivity contribution >= 4 is 65.9 Å². The van der Waals surface area contributed by atoms with Crippen molar-refractivity contribution in [2.24, 2.45) is 5.41 Å². The van der Waals surface area contributed by atoms with Crippen molar-refractivity contribution in [3.05, 3.63) is 28.2 Å². The second kappa shape index (κ2) is 12.4. The Labute approximate surface area is 245 Å². The molecule has 0 spiro atoms. The van der Waals surface area contributed by atoms with Crippen LogP contribution in [0.5, 0.6) is 5.88 Å². The molecule has 14 heteroatoms. The van der Waals surface area contributed by atoms with Crippen molar-refractivity contribution in [2.45, 2.75) is 52.2 Å². The summed E-state index contributed by atoms with van der Waals surface area (Å²) in [6.45, 7) is 11.6. The Morgan fingerprint density at radius 1 is 1.20 bits per heavy atom. The van der Waals surface area contributed by atoms with Gasteiger partial charge in [0.1, 0.15) is 12.1 Å². The van der Waals surface area contributed by atoms with Crippen molar-refractivity contribution in [1.82, 2.24) is 25.1 Å². The number of methoxy groups -OCH3 is 1. The fourth-order valence-corrected chi connectivity index (χ4v) is 5.57. The summed E-state index contributed by atoms with van der Waals surface area (Å²) in [5, 5.41) is 21.0. The third kappa shape index (κ3) is 7.28. The van der Waals surface area contributed by atoms with Crippen LogP contribution < -0.4 is 20.3 Å². The Bertz CT molecular complexity index is 1360. The molecule has 4 rings (SSSR count). The molecule has 0 radical (unpaired) electrons. The number of benzene rings is 1. The second-order valence-corrected chi connectivity index (χ2v) is 18.0. The number of anilines is 3. The molecule has 11 nitrogen and oxygen atoms in total. The second-order valence-electron chi connectivity index (χ2n) is 11.6. The number of halogens is 2. The Morgan fingerprint density at radius 3 is 2.58 bits per heavy atom. The molecule has 0 bridgehead atoms. The minimum absolute atomic E-state index is 0.137. The third-order valence-corrected chi connectivity index (χ3v) is 9.60. The zero-order chi connectivity index (χ0) is 29.1. The van der Waals surface area contributed by atoms with Gasteiger partial charge >= 0.3 is 6.09 Å². The molecule has 218 valence electrons. The zero-order valence-corrected chi connectivity index (χ0v) is 26.1. The number of nitrogens with zero attached hydrogens (tertiary/aromatic N) is 5. The number of carbonyl (C=O) groups is 1. The average Bonchev–Trinajstić information content (AvgIpc) is 3.24. The molecule has 0 atom stereocenters. The highest BCUT2D eigenvalue weighted by molar-refractivity contribution is 6.76. The number of piperidine rings is 1. The van der Waals surface area contributed by atoms with Crippen LogP contribution in [0, 0.1) is 5.41 Å². The highest BCUT2D eigenvalue weighted by Gasteiger charge is 2.32. The molecular formula is C26H37Cl2N7O4Si. The lowest BCUT2D eigenvalue weighted by atomic mass is 9.80. The summed E-state index contributed by atoms with van der Waals surface area (Å²) in [6, 6.07) is 6.37. The van der Waals surface area contributed by atoms with Crippen LogP contribution in [0.1, 0.15) is 19.8 Å². The quantitative estimate of drug-likeness (QED) is 0.175. The summed E-state index contributed by atoms with van der Waals surface area (Å²) in [6.07, 6.45) is 0.567. The maximum Gasteiger partial charge on any atom is 0.404 e. The summed E-state index contributed by atoms with van der Waals surface area (Å²) in [5.41, 5.74) is 1.02. The van der Waals surface area contributed by atoms with Crippen LogP contribution >= 0.6 is 23.2 Å². The lowest BCUT2D eigenvalue weighted by molar-refractivity contribution is 0.0815. The molecule has 3 N–H and O–H groups in total. The lowest BCUT2D eigenvalue weighted by Gasteiger charge is -2.39. The van der Waals surface area contributed by atoms with Crippen LogP contribution in [0.15, 0.2) is 18.2 Å². The molecule has 0 aliphatic carbocycles. The van der Waals surface area contributed by atoms with Gasteiger partial charge in [-0.05, 0) is 36.4 Å². The first kappa shape index (κ1) is 30.2. The maximum atomic E-state index is 11.0. The minimum atomic E-state index is -1.26. The van der Waals surface area contributed by atoms with E-state index in [0.717, 1.165) is 18.9 Å². The summed E-state index contributed by atoms with van der Waals surface area (Å²) >= 11 is 12.7. The molecular weight excluding hydrogens is 573 g/mol. The monoisotopic (exact) mass is 609 g/mol. The molecule has 40 heavy (non-hydrogen) atoms. The highest BCUT2D eigenvalue weighted by atomic mass is 35.5. The van der Waals surface area contributed by atoms with Crippen molar-refractivity contribution < 1.29 is 19.4 Å². The van der Waals surface area contributed by atoms with Gasteiger partial charge in [-0.1, -0.05) is 55.8 Å². The number of amides is 1. The minimum Gasteiger partial charge on any atom is -0.480 e. The van der Waals surface area contributed by atoms with E-state index in [2.05, 4.69) is 42.1 Å². The number of nitrogens with one attached hydrogen (secondary N) is 2. The van der Waals surface area contributed by atoms with Gasteiger partial charge < -0.3 is 30.1 Å². The number of aromatic nitrogens is 4. The van der Waals surface area contributed by atoms with Crippen molar-refractivity contribution in [1.29, 1.82) is 0 Å². The van der Waals surface area contributed by atoms with Crippen molar-refractivity contribution in [2.75, 3.05) is 43.6 Å². The van der Waals surface area contributed by atoms with E-state index in [1.807, 2.05) is 6.07 Å². The molecule has 3 heterocycles. The van der Waals surface area contributed by atoms with Gasteiger partial charge in [0.2, 0.25) is 11.8 Å². The molecule has 1 saturated heterocycles. The molecule has 0 unspecified atom stereocenters. The van der Waals surface area contributed by atoms with Gasteiger partial charge in [-0.15, -0.1) is 5.10 Å². The Balaban J connectivity index is 1.66. The van der Waals surface area contributed by atoms with Crippen LogP contribution in [-0.4, -0.2) is 72.4 Å². The van der Waals surface area contributed by atoms with Crippen molar-refractivity contribution in [3.63, 3.8) is 0 Å². The fourth-order valence-electron chi connectivity index (χ4n) is 4.47. The van der Waals surface area contributed by atoms with Crippen LogP contribution in [0.3, 0.4) is 0 Å². The van der Waals surface area contributed by atoms with E-state index in [9.17, 15) is 4.79 Å². The molecule has 2 aromatic heterocycles. The summed E-state index contributed by atoms with van der Waals surface area (Å²) in [7, 11) is 0.303. The number of ether oxygens (including phenoxy) is 2. The van der Waals surface area contributed by atoms with Gasteiger partial charge in [0.05, 0.1) is 22.8 Å². The van der Waals surface area contributed by atoms with Crippen LogP contribution in [0.25, 0.3) is 11.0 Å². The van der Waals surface area contributed by atoms with E-state index in [4.69, 9.17) is 52.8 Å². The van der Waals surface area contributed by atoms with E-state index in [1.54, 1.807) is 23.9 Å². The number of carboxylic acid groups (broad SMARTS) is 1. The summed E-state index contributed by atoms with van der Waals surface area (Å²) < 4.78 is 13.5. The van der Waals surface area contributed by atoms with Gasteiger partial charge in [0, 0.05) is 34.3 Å². The third-order valence-electron chi connectivity index (χ3n) is 7.07. The molecule has 1 fully saturated rings. The van der Waals surface area contributed by atoms with Crippen LogP contribution in [0.4, 0.5) is 22.2 Å². The smallest absolute Gasteiger partial charge is 0.404 e. The first-order chi connectivity index (χ1) is 18.9. The maximum absolute atomic E-state index is 11.0. The predicted octanol–water partition coefficient (Wildman–Crippen LogP) is 6.07. The summed E-state index contributed by atoms with van der Waals surface area (Å²) in [4.78, 5) is 22.8. The van der Waals surface area contributed by atoms with Crippen LogP contribution in [0.2, 0.25) is 35.7 Å². The molecule has 1 amide bonds. The van der Waals surface area contributed by atoms with E-state index in [1.165, 1.54) is 0 Å². The van der Waals surface area contributed by atoms with E-state index < -0.39 is 14.2 Å². The highest BCUT2D eigenvalue weighted by Crippen LogP contribution is 2.38. The number of hydrogen-bond donors (Lipinski definition) is 3. The Hall–Kier alpha value is -2.80. The Morgan fingerprint density at radius 2 is 1.93 bits per heavy atom. The molecule has 1 aliphatic rings. The number of fused-ring (bicyclic) bond motifs is 1. The average molecular weight is 611 g/mol. The number of hydrogen-bond acceptors (Lipinski definition) is 8. The van der Waals surface area contributed by atoms with E-state index >= 15 is 0 Å². The van der Waals surface area contributed by atoms with Gasteiger partial charge in [0.25, 0.3) is 0 Å². The molecule has 3 aromatic rings. The largest absolute Gasteiger partial charge is 0.480 e. The van der Waals surface area contributed by atoms with Crippen molar-refractivity contribution in [3.8, 4) is 5.88 Å². The molecule has 1 aliphatic heterocycles. The fraction of sp³-hybridized carbons (Fsp3) is 0.538. The SMILES string of the molecule is COc1nc(N2CCC(C)(CNC(=O)O)CC2)nc2c1c(Nc1cccc(Cl)c1Cl)nn2COCC[Si](C)(C)C. The first-order valence-corrected chi connectivity index (χ1v) is 17.7. The molecule has 0 saturated carbocycles. The van der Waals surface area contributed by atoms with Gasteiger partial charge in [-0.3, -0.25) is 0 Å². The van der Waals surface area contributed by atoms with E-state index in [-0.39, 0.29) is 12.1 Å². The first-order valence-electron chi connectivity index (χ1n) is 13.2. The van der Waals surface area contributed by atoms with Crippen LogP contribution in [-0.2, 0) is 11.5 Å². The van der Waals surface area contributed by atoms with Gasteiger partial charge in [-0.2, -0.15) is 9.97 Å². The standard InChI is InChI=1S/C26H37Cl2N7O4Si/c1-26(15-29-25(36)37)9-11-34(12-10-26)24-31-22-19(23(32-24)38-2)21(30-18-8-6-7-17(27)20(18)28)33-35(22)16-39-13-14-40(3,4)5/h6-8,29H,9-16H2,1-5H3,(H,30,33)(H,36,37). The van der Waals surface area contributed by atoms with E-state index in [0.29, 0.717) is 70.7 Å². The topological polar surface area (TPSA) is 127 Å². The normalized spacial score (nSPS) is 15.3. The number of rotatable bonds is 11. The van der Waals surface area contributed by atoms with Gasteiger partial charge in [0.15, 0.2) is 11.5 Å². The van der Waals surface area contributed by atoms with Gasteiger partial charge in [-0.25, -0.2) is 9.48 Å².